The minimum Gasteiger partial charge on any atom is -0.493 e. The lowest BCUT2D eigenvalue weighted by Gasteiger charge is -2.13. The Hall–Kier alpha value is -4.84. The van der Waals surface area contributed by atoms with Crippen molar-refractivity contribution in [1.29, 1.82) is 0 Å². The number of hydrogen-bond donors (Lipinski definition) is 1. The van der Waals surface area contributed by atoms with Crippen LogP contribution in [0.2, 0.25) is 0 Å². The van der Waals surface area contributed by atoms with Crippen LogP contribution in [0.3, 0.4) is 0 Å². The van der Waals surface area contributed by atoms with Gasteiger partial charge in [-0.3, -0.25) is 4.79 Å². The van der Waals surface area contributed by atoms with Crippen LogP contribution in [-0.4, -0.2) is 59.8 Å². The standard InChI is InChI=1S/C28H25N3O8S/c1-17-6-8-19(9-7-17)40(35,36)31-23(11-18-5-4-10-29-28(18)31)21-14-30(15-27(34)38-3)22-13-25(39-16-26(32)33)24(37-2)12-20(21)22/h4-14H,15-16H2,1-3H3,(H,32,33). The number of ether oxygens (including phenoxy) is 3. The molecule has 2 aromatic carbocycles. The third-order valence-electron chi connectivity index (χ3n) is 6.40. The lowest BCUT2D eigenvalue weighted by Crippen LogP contribution is -2.14. The number of hydrogen-bond acceptors (Lipinski definition) is 8. The maximum absolute atomic E-state index is 14.0. The van der Waals surface area contributed by atoms with Crippen LogP contribution in [0, 0.1) is 6.92 Å². The molecule has 0 radical (unpaired) electrons. The minimum absolute atomic E-state index is 0.0859. The number of carbonyl (C=O) groups is 2. The van der Waals surface area contributed by atoms with Crippen molar-refractivity contribution in [1.82, 2.24) is 13.5 Å². The van der Waals surface area contributed by atoms with Gasteiger partial charge in [0, 0.05) is 34.8 Å². The van der Waals surface area contributed by atoms with Crippen molar-refractivity contribution in [2.45, 2.75) is 18.4 Å². The van der Waals surface area contributed by atoms with E-state index in [9.17, 15) is 18.0 Å². The molecule has 0 atom stereocenters. The number of methoxy groups -OCH3 is 2. The molecular formula is C28H25N3O8S. The highest BCUT2D eigenvalue weighted by molar-refractivity contribution is 7.90. The van der Waals surface area contributed by atoms with Gasteiger partial charge in [-0.15, -0.1) is 0 Å². The van der Waals surface area contributed by atoms with E-state index in [1.807, 2.05) is 6.92 Å². The van der Waals surface area contributed by atoms with E-state index in [0.29, 0.717) is 27.5 Å². The zero-order valence-electron chi connectivity index (χ0n) is 21.8. The molecule has 3 aromatic heterocycles. The van der Waals surface area contributed by atoms with Gasteiger partial charge < -0.3 is 23.9 Å². The Morgan fingerprint density at radius 2 is 1.77 bits per heavy atom. The number of nitrogens with zero attached hydrogens (tertiary/aromatic N) is 3. The summed E-state index contributed by atoms with van der Waals surface area (Å²) in [6.07, 6.45) is 3.15. The number of carboxylic acids is 1. The van der Waals surface area contributed by atoms with Crippen LogP contribution in [0.15, 0.2) is 71.9 Å². The summed E-state index contributed by atoms with van der Waals surface area (Å²) < 4.78 is 46.6. The molecule has 206 valence electrons. The Kier molecular flexibility index (Phi) is 6.94. The highest BCUT2D eigenvalue weighted by Crippen LogP contribution is 2.41. The number of aryl methyl sites for hydroxylation is 1. The molecule has 0 aliphatic heterocycles. The summed E-state index contributed by atoms with van der Waals surface area (Å²) in [5.74, 6) is -1.34. The topological polar surface area (TPSA) is 139 Å². The number of carbonyl (C=O) groups excluding carboxylic acids is 1. The average molecular weight is 564 g/mol. The fraction of sp³-hybridized carbons (Fsp3) is 0.179. The van der Waals surface area contributed by atoms with E-state index >= 15 is 0 Å². The first kappa shape index (κ1) is 26.8. The highest BCUT2D eigenvalue weighted by atomic mass is 32.2. The van der Waals surface area contributed by atoms with Gasteiger partial charge in [-0.05, 0) is 43.3 Å². The van der Waals surface area contributed by atoms with Gasteiger partial charge in [0.05, 0.1) is 30.3 Å². The molecule has 5 rings (SSSR count). The Bertz CT molecular complexity index is 1870. The van der Waals surface area contributed by atoms with Crippen molar-refractivity contribution < 1.29 is 37.3 Å². The second-order valence-electron chi connectivity index (χ2n) is 8.98. The molecule has 0 amide bonds. The number of pyridine rings is 1. The number of benzene rings is 2. The van der Waals surface area contributed by atoms with E-state index in [-0.39, 0.29) is 28.6 Å². The lowest BCUT2D eigenvalue weighted by molar-refractivity contribution is -0.141. The van der Waals surface area contributed by atoms with Crippen LogP contribution in [0.1, 0.15) is 5.56 Å². The number of carboxylic acid groups (broad SMARTS) is 1. The van der Waals surface area contributed by atoms with Gasteiger partial charge in [-0.1, -0.05) is 17.7 Å². The van der Waals surface area contributed by atoms with E-state index in [1.54, 1.807) is 65.4 Å². The Morgan fingerprint density at radius 1 is 1.02 bits per heavy atom. The van der Waals surface area contributed by atoms with E-state index in [0.717, 1.165) is 5.56 Å². The predicted molar refractivity (Wildman–Crippen MR) is 146 cm³/mol. The Balaban J connectivity index is 1.82. The largest absolute Gasteiger partial charge is 0.493 e. The molecule has 0 aliphatic carbocycles. The van der Waals surface area contributed by atoms with Crippen LogP contribution in [0.4, 0.5) is 0 Å². The molecule has 3 heterocycles. The van der Waals surface area contributed by atoms with E-state index in [2.05, 4.69) is 4.98 Å². The van der Waals surface area contributed by atoms with Crippen LogP contribution in [-0.2, 0) is 30.9 Å². The first-order valence-corrected chi connectivity index (χ1v) is 13.5. The molecule has 11 nitrogen and oxygen atoms in total. The van der Waals surface area contributed by atoms with Crippen molar-refractivity contribution in [3.05, 3.63) is 72.6 Å². The number of esters is 1. The molecular weight excluding hydrogens is 538 g/mol. The van der Waals surface area contributed by atoms with Gasteiger partial charge >= 0.3 is 11.9 Å². The first-order chi connectivity index (χ1) is 19.1. The minimum atomic E-state index is -4.11. The van der Waals surface area contributed by atoms with Crippen molar-refractivity contribution >= 4 is 43.9 Å². The molecule has 0 saturated heterocycles. The van der Waals surface area contributed by atoms with E-state index < -0.39 is 28.6 Å². The average Bonchev–Trinajstić information content (AvgIpc) is 3.49. The van der Waals surface area contributed by atoms with Gasteiger partial charge in [0.1, 0.15) is 6.54 Å². The van der Waals surface area contributed by atoms with Gasteiger partial charge in [-0.2, -0.15) is 0 Å². The Labute approximate surface area is 229 Å². The van der Waals surface area contributed by atoms with Crippen molar-refractivity contribution in [3.8, 4) is 22.8 Å². The third-order valence-corrected chi connectivity index (χ3v) is 8.12. The highest BCUT2D eigenvalue weighted by Gasteiger charge is 2.27. The summed E-state index contributed by atoms with van der Waals surface area (Å²) in [6.45, 7) is 1.06. The van der Waals surface area contributed by atoms with Crippen LogP contribution in [0.25, 0.3) is 33.2 Å². The van der Waals surface area contributed by atoms with Gasteiger partial charge in [0.15, 0.2) is 23.8 Å². The number of aliphatic carboxylic acids is 1. The summed E-state index contributed by atoms with van der Waals surface area (Å²) in [5, 5.41) is 10.2. The smallest absolute Gasteiger partial charge is 0.341 e. The zero-order chi connectivity index (χ0) is 28.6. The molecule has 0 saturated carbocycles. The van der Waals surface area contributed by atoms with E-state index in [4.69, 9.17) is 19.3 Å². The monoisotopic (exact) mass is 563 g/mol. The maximum atomic E-state index is 14.0. The lowest BCUT2D eigenvalue weighted by atomic mass is 10.1. The maximum Gasteiger partial charge on any atom is 0.341 e. The Morgan fingerprint density at radius 3 is 2.45 bits per heavy atom. The predicted octanol–water partition coefficient (Wildman–Crippen LogP) is 3.85. The molecule has 1 N–H and O–H groups in total. The van der Waals surface area contributed by atoms with Gasteiger partial charge in [0.25, 0.3) is 10.0 Å². The van der Waals surface area contributed by atoms with Crippen molar-refractivity contribution in [3.63, 3.8) is 0 Å². The van der Waals surface area contributed by atoms with Crippen LogP contribution >= 0.6 is 0 Å². The molecule has 0 aliphatic rings. The third kappa shape index (κ3) is 4.73. The summed E-state index contributed by atoms with van der Waals surface area (Å²) in [4.78, 5) is 27.9. The summed E-state index contributed by atoms with van der Waals surface area (Å²) in [5.41, 5.74) is 2.40. The van der Waals surface area contributed by atoms with Crippen molar-refractivity contribution in [2.24, 2.45) is 0 Å². The molecule has 40 heavy (non-hydrogen) atoms. The number of fused-ring (bicyclic) bond motifs is 2. The zero-order valence-corrected chi connectivity index (χ0v) is 22.6. The fourth-order valence-corrected chi connectivity index (χ4v) is 5.99. The molecule has 12 heteroatoms. The summed E-state index contributed by atoms with van der Waals surface area (Å²) >= 11 is 0. The molecule has 0 fully saturated rings. The van der Waals surface area contributed by atoms with Crippen molar-refractivity contribution in [2.75, 3.05) is 20.8 Å². The molecule has 0 spiro atoms. The quantitative estimate of drug-likeness (QED) is 0.265. The van der Waals surface area contributed by atoms with Crippen LogP contribution < -0.4 is 9.47 Å². The molecule has 0 unspecified atom stereocenters. The van der Waals surface area contributed by atoms with Gasteiger partial charge in [0.2, 0.25) is 0 Å². The molecule has 0 bridgehead atoms. The first-order valence-electron chi connectivity index (χ1n) is 12.1. The SMILES string of the molecule is COC(=O)Cn1cc(-c2cc3cccnc3n2S(=O)(=O)c2ccc(C)cc2)c2cc(OC)c(OCC(=O)O)cc21. The second-order valence-corrected chi connectivity index (χ2v) is 10.8. The molecule has 5 aromatic rings. The normalized spacial score (nSPS) is 11.6. The van der Waals surface area contributed by atoms with E-state index in [1.165, 1.54) is 24.4 Å². The summed E-state index contributed by atoms with van der Waals surface area (Å²) in [6, 6.07) is 14.9. The van der Waals surface area contributed by atoms with Gasteiger partial charge in [-0.25, -0.2) is 22.2 Å². The fourth-order valence-electron chi connectivity index (χ4n) is 4.51. The second kappa shape index (κ2) is 10.4. The van der Waals surface area contributed by atoms with Crippen LogP contribution in [0.5, 0.6) is 11.5 Å². The summed E-state index contributed by atoms with van der Waals surface area (Å²) in [7, 11) is -1.45. The number of rotatable bonds is 9. The number of aromatic nitrogens is 3.